The minimum Gasteiger partial charge on any atom is -0.446 e. The molecule has 0 aromatic heterocycles. The lowest BCUT2D eigenvalue weighted by molar-refractivity contribution is 0.294. The number of rotatable bonds is 5. The molecule has 0 saturated heterocycles. The van der Waals surface area contributed by atoms with Crippen molar-refractivity contribution in [3.05, 3.63) is 0 Å². The number of hydrogen-bond donors (Lipinski definition) is 0. The molecule has 0 aliphatic rings. The standard InChI is InChI=1S/C3H7O.C2H6.2C2H5.Al/c1-2-3-4;3*1-2;/h4H,1-3H2;1-2H3;2*1H2,2H3;/q;;;;-1/p+1. The van der Waals surface area contributed by atoms with Gasteiger partial charge >= 0.3 is 0 Å². The molecule has 0 aromatic rings. The van der Waals surface area contributed by atoms with E-state index >= 15 is 0 Å². The first kappa shape index (κ1) is 14.0. The van der Waals surface area contributed by atoms with Crippen molar-refractivity contribution in [2.75, 3.05) is 6.61 Å². The van der Waals surface area contributed by atoms with Crippen molar-refractivity contribution in [1.29, 1.82) is 0 Å². The fourth-order valence-corrected chi connectivity index (χ4v) is 3.26. The van der Waals surface area contributed by atoms with Gasteiger partial charge in [0.1, 0.15) is 6.61 Å². The second-order valence-electron chi connectivity index (χ2n) is 2.57. The molecule has 0 spiro atoms. The molecule has 0 aliphatic carbocycles. The van der Waals surface area contributed by atoms with Gasteiger partial charge in [-0.3, -0.25) is 0 Å². The van der Waals surface area contributed by atoms with E-state index in [0.717, 1.165) is 6.42 Å². The molecule has 11 heavy (non-hydrogen) atoms. The summed E-state index contributed by atoms with van der Waals surface area (Å²) in [5.74, 6) is 0. The maximum Gasteiger partial charge on any atom is 0.139 e. The van der Waals surface area contributed by atoms with Gasteiger partial charge in [-0.05, 0) is 20.6 Å². The smallest absolute Gasteiger partial charge is 0.139 e. The van der Waals surface area contributed by atoms with Gasteiger partial charge in [0.2, 0.25) is 0 Å². The summed E-state index contributed by atoms with van der Waals surface area (Å²) in [6.45, 7) is 9.23. The summed E-state index contributed by atoms with van der Waals surface area (Å²) >= 11 is -0.330. The molecule has 0 unspecified atom stereocenters. The average Bonchev–Trinajstić information content (AvgIpc) is 2.10. The molecule has 1 radical (unpaired) electrons. The molecule has 1 nitrogen and oxygen atoms in total. The van der Waals surface area contributed by atoms with Crippen molar-refractivity contribution in [2.45, 2.75) is 50.0 Å². The van der Waals surface area contributed by atoms with Gasteiger partial charge in [0.15, 0.2) is 0 Å². The Bertz CT molecular complexity index is 53.5. The van der Waals surface area contributed by atoms with Gasteiger partial charge in [-0.1, -0.05) is 13.8 Å². The predicted octanol–water partition coefficient (Wildman–Crippen LogP) is 2.66. The Hall–Kier alpha value is 0.492. The van der Waals surface area contributed by atoms with Crippen molar-refractivity contribution in [3.8, 4) is 0 Å². The van der Waals surface area contributed by atoms with Crippen LogP contribution in [-0.2, 0) is 0 Å². The summed E-state index contributed by atoms with van der Waals surface area (Å²) < 4.78 is 0. The lowest BCUT2D eigenvalue weighted by Crippen LogP contribution is -2.08. The second kappa shape index (κ2) is 13.1. The van der Waals surface area contributed by atoms with Crippen LogP contribution in [0.15, 0.2) is 0 Å². The molecular weight excluding hydrogens is 151 g/mol. The molecule has 0 aliphatic heterocycles. The van der Waals surface area contributed by atoms with Crippen LogP contribution >= 0.6 is 0 Å². The van der Waals surface area contributed by atoms with Crippen LogP contribution in [0, 0.1) is 0 Å². The molecule has 0 heterocycles. The SMILES string of the molecule is CC.C[CH2][Al-]([CH2]C)[CH2]CC[OH2+]. The Balaban J connectivity index is 0. The first-order valence-electron chi connectivity index (χ1n) is 4.99. The van der Waals surface area contributed by atoms with Gasteiger partial charge in [0.25, 0.3) is 0 Å². The van der Waals surface area contributed by atoms with Gasteiger partial charge < -0.3 is 5.11 Å². The fraction of sp³-hybridized carbons (Fsp3) is 1.00. The summed E-state index contributed by atoms with van der Waals surface area (Å²) in [6.07, 6.45) is 1.15. The molecule has 2 heteroatoms. The van der Waals surface area contributed by atoms with E-state index < -0.39 is 0 Å². The van der Waals surface area contributed by atoms with E-state index in [1.807, 2.05) is 13.8 Å². The highest BCUT2D eigenvalue weighted by Gasteiger charge is 1.93. The van der Waals surface area contributed by atoms with Gasteiger partial charge in [-0.25, -0.2) is 15.8 Å². The van der Waals surface area contributed by atoms with Crippen LogP contribution in [0.3, 0.4) is 0 Å². The minimum absolute atomic E-state index is 0.330. The topological polar surface area (TPSA) is 22.9 Å². The highest BCUT2D eigenvalue weighted by Crippen LogP contribution is 2.06. The van der Waals surface area contributed by atoms with Crippen LogP contribution in [0.5, 0.6) is 0 Å². The second-order valence-corrected chi connectivity index (χ2v) is 6.52. The molecule has 0 atom stereocenters. The quantitative estimate of drug-likeness (QED) is 0.453. The van der Waals surface area contributed by atoms with Crippen LogP contribution in [-0.4, -0.2) is 25.9 Å². The lowest BCUT2D eigenvalue weighted by atomic mass is 10.5. The van der Waals surface area contributed by atoms with Crippen molar-refractivity contribution in [2.24, 2.45) is 0 Å². The van der Waals surface area contributed by atoms with Crippen molar-refractivity contribution >= 4 is 14.1 Å². The van der Waals surface area contributed by atoms with Crippen molar-refractivity contribution < 1.29 is 5.11 Å². The molecule has 2 N–H and O–H groups in total. The van der Waals surface area contributed by atoms with Gasteiger partial charge in [-0.2, -0.15) is 0 Å². The van der Waals surface area contributed by atoms with Gasteiger partial charge in [0, 0.05) is 0 Å². The monoisotopic (exact) mass is 175 g/mol. The molecule has 0 aromatic carbocycles. The molecule has 0 amide bonds. The summed E-state index contributed by atoms with van der Waals surface area (Å²) in [7, 11) is 0. The normalized spacial score (nSPS) is 9.27. The minimum atomic E-state index is -0.330. The van der Waals surface area contributed by atoms with E-state index in [2.05, 4.69) is 13.8 Å². The summed E-state index contributed by atoms with van der Waals surface area (Å²) in [5, 5.41) is 11.2. The van der Waals surface area contributed by atoms with Crippen molar-refractivity contribution in [1.82, 2.24) is 0 Å². The Morgan fingerprint density at radius 1 is 1.09 bits per heavy atom. The van der Waals surface area contributed by atoms with Gasteiger partial charge in [-0.15, -0.1) is 13.8 Å². The molecule has 0 fully saturated rings. The highest BCUT2D eigenvalue weighted by atomic mass is 27.2. The number of hydrogen-bond acceptors (Lipinski definition) is 0. The summed E-state index contributed by atoms with van der Waals surface area (Å²) in [4.78, 5) is 0. The molecule has 0 saturated carbocycles. The molecule has 69 valence electrons. The van der Waals surface area contributed by atoms with Crippen LogP contribution < -0.4 is 0 Å². The molecular formula is C9H24AlO. The predicted molar refractivity (Wildman–Crippen MR) is 56.0 cm³/mol. The first-order chi connectivity index (χ1) is 5.35. The third kappa shape index (κ3) is 10.5. The van der Waals surface area contributed by atoms with E-state index in [1.165, 1.54) is 15.8 Å². The van der Waals surface area contributed by atoms with Crippen LogP contribution in [0.4, 0.5) is 0 Å². The van der Waals surface area contributed by atoms with E-state index in [-0.39, 0.29) is 14.1 Å². The van der Waals surface area contributed by atoms with Crippen LogP contribution in [0.1, 0.15) is 34.1 Å². The zero-order valence-corrected chi connectivity index (χ0v) is 9.77. The molecule has 0 bridgehead atoms. The van der Waals surface area contributed by atoms with Gasteiger partial charge in [0.05, 0.1) is 0 Å². The first-order valence-corrected chi connectivity index (χ1v) is 7.44. The Morgan fingerprint density at radius 3 is 1.82 bits per heavy atom. The van der Waals surface area contributed by atoms with Crippen LogP contribution in [0.25, 0.3) is 0 Å². The summed E-state index contributed by atoms with van der Waals surface area (Å²) in [5.41, 5.74) is 0. The Kier molecular flexibility index (Phi) is 16.7. The maximum absolute atomic E-state index is 6.97. The maximum atomic E-state index is 6.97. The van der Waals surface area contributed by atoms with E-state index in [0.29, 0.717) is 6.61 Å². The Labute approximate surface area is 76.2 Å². The van der Waals surface area contributed by atoms with E-state index in [9.17, 15) is 0 Å². The largest absolute Gasteiger partial charge is 0.446 e. The third-order valence-corrected chi connectivity index (χ3v) is 5.48. The van der Waals surface area contributed by atoms with E-state index in [4.69, 9.17) is 5.11 Å². The van der Waals surface area contributed by atoms with Crippen LogP contribution in [0.2, 0.25) is 15.8 Å². The third-order valence-electron chi connectivity index (χ3n) is 1.94. The zero-order chi connectivity index (χ0) is 9.11. The zero-order valence-electron chi connectivity index (χ0n) is 8.61. The summed E-state index contributed by atoms with van der Waals surface area (Å²) in [6, 6.07) is 0. The van der Waals surface area contributed by atoms with Crippen molar-refractivity contribution in [3.63, 3.8) is 0 Å². The average molecular weight is 175 g/mol. The van der Waals surface area contributed by atoms with E-state index in [1.54, 1.807) is 0 Å². The molecule has 0 rings (SSSR count). The fourth-order valence-electron chi connectivity index (χ4n) is 1.09. The lowest BCUT2D eigenvalue weighted by Gasteiger charge is -2.17. The highest BCUT2D eigenvalue weighted by molar-refractivity contribution is 6.58. The Morgan fingerprint density at radius 2 is 1.55 bits per heavy atom.